The number of hydrogen-bond donors (Lipinski definition) is 1. The Morgan fingerprint density at radius 3 is 2.67 bits per heavy atom. The molecule has 0 fully saturated rings. The summed E-state index contributed by atoms with van der Waals surface area (Å²) in [5, 5.41) is 3.06. The molecule has 0 saturated heterocycles. The van der Waals surface area contributed by atoms with Gasteiger partial charge in [-0.15, -0.1) is 0 Å². The molecule has 0 radical (unpaired) electrons. The first-order chi connectivity index (χ1) is 8.61. The fraction of sp³-hybridized carbons (Fsp3) is 0.385. The summed E-state index contributed by atoms with van der Waals surface area (Å²) in [5.74, 6) is 3.61. The second-order valence-corrected chi connectivity index (χ2v) is 4.29. The molecule has 0 aliphatic carbocycles. The Kier molecular flexibility index (Phi) is 3.50. The Morgan fingerprint density at radius 2 is 2.06 bits per heavy atom. The van der Waals surface area contributed by atoms with Crippen LogP contribution in [0.2, 0.25) is 0 Å². The fourth-order valence-electron chi connectivity index (χ4n) is 1.96. The van der Waals surface area contributed by atoms with Crippen LogP contribution in [0.4, 0.5) is 11.6 Å². The molecule has 2 aromatic rings. The molecule has 2 aromatic heterocycles. The van der Waals surface area contributed by atoms with E-state index < -0.39 is 0 Å². The average molecular weight is 246 g/mol. The van der Waals surface area contributed by atoms with Crippen molar-refractivity contribution in [3.8, 4) is 0 Å². The maximum absolute atomic E-state index is 5.57. The molecule has 1 N–H and O–H groups in total. The molecule has 0 aromatic carbocycles. The van der Waals surface area contributed by atoms with Crippen LogP contribution in [0.3, 0.4) is 0 Å². The predicted octanol–water partition coefficient (Wildman–Crippen LogP) is 2.36. The van der Waals surface area contributed by atoms with E-state index in [9.17, 15) is 0 Å². The van der Waals surface area contributed by atoms with Gasteiger partial charge in [0, 0.05) is 19.7 Å². The molecule has 0 saturated carbocycles. The molecule has 0 spiro atoms. The number of aryl methyl sites for hydroxylation is 1. The van der Waals surface area contributed by atoms with Gasteiger partial charge >= 0.3 is 0 Å². The summed E-state index contributed by atoms with van der Waals surface area (Å²) >= 11 is 0. The van der Waals surface area contributed by atoms with Crippen molar-refractivity contribution < 1.29 is 4.42 Å². The molecule has 96 valence electrons. The van der Waals surface area contributed by atoms with Crippen LogP contribution in [-0.4, -0.2) is 24.1 Å². The fourth-order valence-corrected chi connectivity index (χ4v) is 1.96. The molecule has 0 bridgehead atoms. The maximum atomic E-state index is 5.57. The van der Waals surface area contributed by atoms with E-state index in [2.05, 4.69) is 20.2 Å². The summed E-state index contributed by atoms with van der Waals surface area (Å²) in [6, 6.07) is 3.95. The van der Waals surface area contributed by atoms with Gasteiger partial charge < -0.3 is 14.6 Å². The largest absolute Gasteiger partial charge is 0.464 e. The molecule has 2 rings (SSSR count). The minimum absolute atomic E-state index is 0.689. The Hall–Kier alpha value is -2.04. The lowest BCUT2D eigenvalue weighted by atomic mass is 10.3. The first kappa shape index (κ1) is 12.4. The molecule has 0 atom stereocenters. The second-order valence-electron chi connectivity index (χ2n) is 4.29. The third kappa shape index (κ3) is 2.45. The van der Waals surface area contributed by atoms with E-state index in [0.29, 0.717) is 6.54 Å². The second kappa shape index (κ2) is 5.08. The van der Waals surface area contributed by atoms with Crippen molar-refractivity contribution in [2.24, 2.45) is 0 Å². The van der Waals surface area contributed by atoms with Crippen LogP contribution < -0.4 is 10.2 Å². The van der Waals surface area contributed by atoms with E-state index in [0.717, 1.165) is 28.7 Å². The number of rotatable bonds is 4. The van der Waals surface area contributed by atoms with Gasteiger partial charge in [0.05, 0.1) is 6.54 Å². The van der Waals surface area contributed by atoms with Crippen molar-refractivity contribution in [1.82, 2.24) is 9.97 Å². The Morgan fingerprint density at radius 1 is 1.28 bits per heavy atom. The van der Waals surface area contributed by atoms with Gasteiger partial charge in [0.15, 0.2) is 0 Å². The highest BCUT2D eigenvalue weighted by Crippen LogP contribution is 2.22. The topological polar surface area (TPSA) is 54.2 Å². The zero-order chi connectivity index (χ0) is 13.1. The molecular formula is C13H18N4O. The van der Waals surface area contributed by atoms with Crippen molar-refractivity contribution >= 4 is 11.6 Å². The van der Waals surface area contributed by atoms with Crippen LogP contribution in [0.25, 0.3) is 0 Å². The molecule has 5 nitrogen and oxygen atoms in total. The molecule has 0 aliphatic rings. The molecule has 2 heterocycles. The van der Waals surface area contributed by atoms with E-state index in [4.69, 9.17) is 4.42 Å². The van der Waals surface area contributed by atoms with Gasteiger partial charge in [0.25, 0.3) is 0 Å². The lowest BCUT2D eigenvalue weighted by Crippen LogP contribution is -2.19. The van der Waals surface area contributed by atoms with E-state index >= 15 is 0 Å². The zero-order valence-electron chi connectivity index (χ0n) is 11.2. The Balaban J connectivity index is 2.21. The van der Waals surface area contributed by atoms with Gasteiger partial charge in [-0.2, -0.15) is 0 Å². The Labute approximate surface area is 107 Å². The van der Waals surface area contributed by atoms with Crippen molar-refractivity contribution in [3.63, 3.8) is 0 Å². The smallest absolute Gasteiger partial charge is 0.137 e. The summed E-state index contributed by atoms with van der Waals surface area (Å²) in [6.07, 6.45) is 1.57. The minimum atomic E-state index is 0.689. The average Bonchev–Trinajstić information content (AvgIpc) is 2.75. The first-order valence-electron chi connectivity index (χ1n) is 5.87. The first-order valence-corrected chi connectivity index (χ1v) is 5.87. The van der Waals surface area contributed by atoms with Gasteiger partial charge in [-0.3, -0.25) is 0 Å². The highest BCUT2D eigenvalue weighted by atomic mass is 16.3. The van der Waals surface area contributed by atoms with Gasteiger partial charge in [-0.1, -0.05) is 0 Å². The summed E-state index contributed by atoms with van der Waals surface area (Å²) in [5.41, 5.74) is 1.03. The highest BCUT2D eigenvalue weighted by Gasteiger charge is 2.11. The third-order valence-corrected chi connectivity index (χ3v) is 2.84. The van der Waals surface area contributed by atoms with Crippen LogP contribution in [0.1, 0.15) is 17.1 Å². The highest BCUT2D eigenvalue weighted by molar-refractivity contribution is 5.57. The molecule has 0 aliphatic heterocycles. The third-order valence-electron chi connectivity index (χ3n) is 2.84. The standard InChI is InChI=1S/C13H18N4O/c1-9-5-6-11(18-9)7-17(4)13-10(2)12(14-3)15-8-16-13/h5-6,8H,7H2,1-4H3,(H,14,15,16). The van der Waals surface area contributed by atoms with Gasteiger partial charge in [-0.25, -0.2) is 9.97 Å². The summed E-state index contributed by atoms with van der Waals surface area (Å²) < 4.78 is 5.57. The number of nitrogens with zero attached hydrogens (tertiary/aromatic N) is 3. The number of hydrogen-bond acceptors (Lipinski definition) is 5. The van der Waals surface area contributed by atoms with Gasteiger partial charge in [0.1, 0.15) is 29.5 Å². The van der Waals surface area contributed by atoms with Crippen LogP contribution in [-0.2, 0) is 6.54 Å². The predicted molar refractivity (Wildman–Crippen MR) is 71.9 cm³/mol. The van der Waals surface area contributed by atoms with E-state index in [-0.39, 0.29) is 0 Å². The van der Waals surface area contributed by atoms with Crippen LogP contribution in [0.15, 0.2) is 22.9 Å². The quantitative estimate of drug-likeness (QED) is 0.897. The van der Waals surface area contributed by atoms with Crippen molar-refractivity contribution in [1.29, 1.82) is 0 Å². The molecule has 0 unspecified atom stereocenters. The SMILES string of the molecule is CNc1ncnc(N(C)Cc2ccc(C)o2)c1C. The normalized spacial score (nSPS) is 10.4. The number of furan rings is 1. The van der Waals surface area contributed by atoms with Crippen molar-refractivity contribution in [2.45, 2.75) is 20.4 Å². The zero-order valence-corrected chi connectivity index (χ0v) is 11.2. The lowest BCUT2D eigenvalue weighted by Gasteiger charge is -2.19. The Bertz CT molecular complexity index is 536. The number of nitrogens with one attached hydrogen (secondary N) is 1. The van der Waals surface area contributed by atoms with Crippen LogP contribution in [0.5, 0.6) is 0 Å². The van der Waals surface area contributed by atoms with E-state index in [1.54, 1.807) is 6.33 Å². The van der Waals surface area contributed by atoms with Crippen LogP contribution >= 0.6 is 0 Å². The monoisotopic (exact) mass is 246 g/mol. The molecular weight excluding hydrogens is 228 g/mol. The maximum Gasteiger partial charge on any atom is 0.137 e. The molecule has 5 heteroatoms. The molecule has 0 amide bonds. The van der Waals surface area contributed by atoms with Crippen molar-refractivity contribution in [2.75, 3.05) is 24.3 Å². The van der Waals surface area contributed by atoms with Gasteiger partial charge in [-0.05, 0) is 26.0 Å². The summed E-state index contributed by atoms with van der Waals surface area (Å²) in [7, 11) is 3.85. The van der Waals surface area contributed by atoms with Crippen molar-refractivity contribution in [3.05, 3.63) is 35.5 Å². The van der Waals surface area contributed by atoms with E-state index in [1.807, 2.05) is 40.1 Å². The molecule has 18 heavy (non-hydrogen) atoms. The van der Waals surface area contributed by atoms with Crippen LogP contribution in [0, 0.1) is 13.8 Å². The number of aromatic nitrogens is 2. The van der Waals surface area contributed by atoms with E-state index in [1.165, 1.54) is 0 Å². The lowest BCUT2D eigenvalue weighted by molar-refractivity contribution is 0.481. The summed E-state index contributed by atoms with van der Waals surface area (Å²) in [4.78, 5) is 10.6. The minimum Gasteiger partial charge on any atom is -0.464 e. The van der Waals surface area contributed by atoms with Gasteiger partial charge in [0.2, 0.25) is 0 Å². The number of anilines is 2. The summed E-state index contributed by atoms with van der Waals surface area (Å²) in [6.45, 7) is 4.64.